The topological polar surface area (TPSA) is 35.5 Å². The van der Waals surface area contributed by atoms with Gasteiger partial charge in [-0.25, -0.2) is 0 Å². The number of ether oxygens (including phenoxy) is 1. The van der Waals surface area contributed by atoms with Crippen molar-refractivity contribution >= 4 is 14.3 Å². The third kappa shape index (κ3) is 28.2. The Balaban J connectivity index is 3.44. The van der Waals surface area contributed by atoms with Crippen LogP contribution < -0.4 is 0 Å². The minimum Gasteiger partial charge on any atom is -0.469 e. The molecule has 0 N–H and O–H groups in total. The summed E-state index contributed by atoms with van der Waals surface area (Å²) in [6.45, 7) is 9.08. The van der Waals surface area contributed by atoms with E-state index < -0.39 is 8.32 Å². The molecular formula is C32H66O3Si. The molecule has 0 bridgehead atoms. The summed E-state index contributed by atoms with van der Waals surface area (Å²) in [6.07, 6.45) is 33.7. The molecule has 1 atom stereocenters. The van der Waals surface area contributed by atoms with Crippen molar-refractivity contribution < 1.29 is 14.0 Å². The summed E-state index contributed by atoms with van der Waals surface area (Å²) in [7, 11) is -0.0688. The first-order valence-corrected chi connectivity index (χ1v) is 19.5. The minimum atomic E-state index is -1.54. The van der Waals surface area contributed by atoms with Gasteiger partial charge in [0.05, 0.1) is 7.11 Å². The van der Waals surface area contributed by atoms with Gasteiger partial charge in [-0.15, -0.1) is 0 Å². The highest BCUT2D eigenvalue weighted by atomic mass is 28.4. The van der Waals surface area contributed by atoms with Gasteiger partial charge in [-0.2, -0.15) is 0 Å². The summed E-state index contributed by atoms with van der Waals surface area (Å²) in [5.74, 6) is -0.101. The SMILES string of the molecule is CCCCCCCCCCCCCCCCCCCCCCC[C@H](CCCC(=O)OC)O[Si](C)(C)C. The van der Waals surface area contributed by atoms with E-state index in [9.17, 15) is 4.79 Å². The van der Waals surface area contributed by atoms with Crippen LogP contribution in [-0.4, -0.2) is 27.5 Å². The summed E-state index contributed by atoms with van der Waals surface area (Å²) < 4.78 is 11.2. The van der Waals surface area contributed by atoms with Gasteiger partial charge >= 0.3 is 5.97 Å². The van der Waals surface area contributed by atoms with Crippen molar-refractivity contribution in [3.63, 3.8) is 0 Å². The maximum absolute atomic E-state index is 11.4. The monoisotopic (exact) mass is 526 g/mol. The second-order valence-corrected chi connectivity index (χ2v) is 16.6. The van der Waals surface area contributed by atoms with E-state index >= 15 is 0 Å². The number of carbonyl (C=O) groups is 1. The van der Waals surface area contributed by atoms with Gasteiger partial charge in [0.1, 0.15) is 0 Å². The van der Waals surface area contributed by atoms with Crippen LogP contribution in [0.2, 0.25) is 19.6 Å². The molecule has 0 rings (SSSR count). The van der Waals surface area contributed by atoms with E-state index in [2.05, 4.69) is 26.6 Å². The van der Waals surface area contributed by atoms with Crippen molar-refractivity contribution in [2.75, 3.05) is 7.11 Å². The molecule has 0 aromatic heterocycles. The Kier molecular flexibility index (Phi) is 26.0. The number of esters is 1. The fourth-order valence-corrected chi connectivity index (χ4v) is 6.38. The van der Waals surface area contributed by atoms with Crippen molar-refractivity contribution in [1.29, 1.82) is 0 Å². The zero-order valence-electron chi connectivity index (χ0n) is 25.5. The summed E-state index contributed by atoms with van der Waals surface area (Å²) >= 11 is 0. The second-order valence-electron chi connectivity index (χ2n) is 12.2. The first kappa shape index (κ1) is 35.6. The molecule has 0 heterocycles. The van der Waals surface area contributed by atoms with Gasteiger partial charge in [-0.1, -0.05) is 142 Å². The molecule has 216 valence electrons. The standard InChI is InChI=1S/C32H66O3Si/c1-6-7-8-9-10-11-12-13-14-15-16-17-18-19-20-21-22-23-24-25-26-28-31(35-36(3,4)5)29-27-30-32(33)34-2/h31H,6-30H2,1-5H3/t31-/m1/s1. The number of methoxy groups -OCH3 is 1. The lowest BCUT2D eigenvalue weighted by Crippen LogP contribution is -2.32. The summed E-state index contributed by atoms with van der Waals surface area (Å²) in [6, 6.07) is 0. The molecule has 0 unspecified atom stereocenters. The largest absolute Gasteiger partial charge is 0.469 e. The predicted molar refractivity (Wildman–Crippen MR) is 161 cm³/mol. The molecule has 3 nitrogen and oxygen atoms in total. The lowest BCUT2D eigenvalue weighted by Gasteiger charge is -2.26. The Labute approximate surface area is 228 Å². The number of unbranched alkanes of at least 4 members (excludes halogenated alkanes) is 20. The van der Waals surface area contributed by atoms with Crippen molar-refractivity contribution in [2.45, 2.75) is 193 Å². The van der Waals surface area contributed by atoms with Gasteiger partial charge in [0.25, 0.3) is 0 Å². The maximum atomic E-state index is 11.4. The van der Waals surface area contributed by atoms with E-state index in [1.165, 1.54) is 142 Å². The number of rotatable bonds is 28. The minimum absolute atomic E-state index is 0.101. The third-order valence-corrected chi connectivity index (χ3v) is 8.32. The van der Waals surface area contributed by atoms with Crippen LogP contribution in [0.25, 0.3) is 0 Å². The molecule has 0 radical (unpaired) electrons. The Morgan fingerprint density at radius 2 is 0.889 bits per heavy atom. The number of hydrogen-bond donors (Lipinski definition) is 0. The van der Waals surface area contributed by atoms with Crippen LogP contribution in [0.5, 0.6) is 0 Å². The first-order valence-electron chi connectivity index (χ1n) is 16.1. The van der Waals surface area contributed by atoms with Gasteiger partial charge in [0, 0.05) is 12.5 Å². The summed E-state index contributed by atoms with van der Waals surface area (Å²) in [5.41, 5.74) is 0. The quantitative estimate of drug-likeness (QED) is 0.0577. The highest BCUT2D eigenvalue weighted by Gasteiger charge is 2.21. The molecule has 0 aromatic rings. The van der Waals surface area contributed by atoms with Gasteiger partial charge in [-0.3, -0.25) is 4.79 Å². The lowest BCUT2D eigenvalue weighted by atomic mass is 10.0. The average molecular weight is 527 g/mol. The van der Waals surface area contributed by atoms with Crippen LogP contribution in [0.4, 0.5) is 0 Å². The molecule has 0 saturated heterocycles. The predicted octanol–water partition coefficient (Wildman–Crippen LogP) is 11.2. The molecule has 0 aliphatic carbocycles. The lowest BCUT2D eigenvalue weighted by molar-refractivity contribution is -0.140. The normalized spacial score (nSPS) is 12.7. The molecule has 0 aromatic carbocycles. The Morgan fingerprint density at radius 3 is 1.22 bits per heavy atom. The fourth-order valence-electron chi connectivity index (χ4n) is 5.14. The number of hydrogen-bond acceptors (Lipinski definition) is 3. The van der Waals surface area contributed by atoms with E-state index in [4.69, 9.17) is 9.16 Å². The first-order chi connectivity index (χ1) is 17.4. The van der Waals surface area contributed by atoms with Gasteiger partial charge in [0.15, 0.2) is 8.32 Å². The third-order valence-electron chi connectivity index (χ3n) is 7.28. The summed E-state index contributed by atoms with van der Waals surface area (Å²) in [5, 5.41) is 0. The molecular weight excluding hydrogens is 460 g/mol. The van der Waals surface area contributed by atoms with E-state index in [1.54, 1.807) is 0 Å². The zero-order valence-corrected chi connectivity index (χ0v) is 26.5. The molecule has 36 heavy (non-hydrogen) atoms. The molecule has 0 spiro atoms. The van der Waals surface area contributed by atoms with E-state index in [0.29, 0.717) is 12.5 Å². The van der Waals surface area contributed by atoms with Crippen molar-refractivity contribution in [3.05, 3.63) is 0 Å². The van der Waals surface area contributed by atoms with Gasteiger partial charge in [0.2, 0.25) is 0 Å². The molecule has 0 amide bonds. The maximum Gasteiger partial charge on any atom is 0.305 e. The van der Waals surface area contributed by atoms with Crippen molar-refractivity contribution in [1.82, 2.24) is 0 Å². The van der Waals surface area contributed by atoms with Crippen LogP contribution in [0, 0.1) is 0 Å². The van der Waals surface area contributed by atoms with Crippen LogP contribution in [0.3, 0.4) is 0 Å². The molecule has 0 aliphatic rings. The van der Waals surface area contributed by atoms with Crippen molar-refractivity contribution in [3.8, 4) is 0 Å². The van der Waals surface area contributed by atoms with Crippen LogP contribution >= 0.6 is 0 Å². The van der Waals surface area contributed by atoms with Gasteiger partial charge < -0.3 is 9.16 Å². The Hall–Kier alpha value is -0.353. The van der Waals surface area contributed by atoms with Crippen LogP contribution in [0.15, 0.2) is 0 Å². The van der Waals surface area contributed by atoms with E-state index in [0.717, 1.165) is 19.3 Å². The Morgan fingerprint density at radius 1 is 0.556 bits per heavy atom. The second kappa shape index (κ2) is 26.3. The smallest absolute Gasteiger partial charge is 0.305 e. The van der Waals surface area contributed by atoms with Crippen LogP contribution in [0.1, 0.15) is 167 Å². The molecule has 4 heteroatoms. The molecule has 0 fully saturated rings. The van der Waals surface area contributed by atoms with E-state index in [-0.39, 0.29) is 5.97 Å². The van der Waals surface area contributed by atoms with E-state index in [1.807, 2.05) is 0 Å². The van der Waals surface area contributed by atoms with Crippen LogP contribution in [-0.2, 0) is 14.0 Å². The van der Waals surface area contributed by atoms with Gasteiger partial charge in [-0.05, 0) is 38.9 Å². The molecule has 0 saturated carbocycles. The average Bonchev–Trinajstić information content (AvgIpc) is 2.83. The number of carbonyl (C=O) groups excluding carboxylic acids is 1. The summed E-state index contributed by atoms with van der Waals surface area (Å²) in [4.78, 5) is 11.4. The van der Waals surface area contributed by atoms with Crippen molar-refractivity contribution in [2.24, 2.45) is 0 Å². The molecule has 0 aliphatic heterocycles. The Bertz CT molecular complexity index is 461. The zero-order chi connectivity index (χ0) is 26.7. The highest BCUT2D eigenvalue weighted by Crippen LogP contribution is 2.20. The fraction of sp³-hybridized carbons (Fsp3) is 0.969. The highest BCUT2D eigenvalue weighted by molar-refractivity contribution is 6.69.